The van der Waals surface area contributed by atoms with E-state index in [4.69, 9.17) is 0 Å². The van der Waals surface area contributed by atoms with Crippen molar-refractivity contribution in [3.05, 3.63) is 18.1 Å². The van der Waals surface area contributed by atoms with Crippen LogP contribution in [0.2, 0.25) is 0 Å². The Hall–Kier alpha value is -1.26. The highest BCUT2D eigenvalue weighted by atomic mass is 19.3. The van der Waals surface area contributed by atoms with Gasteiger partial charge in [-0.1, -0.05) is 6.92 Å². The molecule has 3 rings (SSSR count). The fourth-order valence-electron chi connectivity index (χ4n) is 2.90. The van der Waals surface area contributed by atoms with Crippen LogP contribution in [0.4, 0.5) is 14.6 Å². The summed E-state index contributed by atoms with van der Waals surface area (Å²) in [7, 11) is 0. The van der Waals surface area contributed by atoms with Gasteiger partial charge < -0.3 is 4.90 Å². The summed E-state index contributed by atoms with van der Waals surface area (Å²) in [6.07, 6.45) is 3.87. The molecule has 3 nitrogen and oxygen atoms in total. The van der Waals surface area contributed by atoms with Crippen LogP contribution in [0.15, 0.2) is 12.4 Å². The number of piperidine rings is 1. The maximum absolute atomic E-state index is 13.4. The zero-order chi connectivity index (χ0) is 12.8. The third-order valence-electron chi connectivity index (χ3n) is 4.18. The molecule has 1 aromatic rings. The molecular weight excluding hydrogens is 236 g/mol. The number of aromatic nitrogens is 2. The molecule has 98 valence electrons. The van der Waals surface area contributed by atoms with Crippen molar-refractivity contribution in [1.29, 1.82) is 0 Å². The quantitative estimate of drug-likeness (QED) is 0.811. The summed E-state index contributed by atoms with van der Waals surface area (Å²) in [4.78, 5) is 10.4. The zero-order valence-corrected chi connectivity index (χ0v) is 10.5. The van der Waals surface area contributed by atoms with Crippen molar-refractivity contribution >= 4 is 5.82 Å². The highest BCUT2D eigenvalue weighted by Crippen LogP contribution is 2.64. The minimum atomic E-state index is -2.47. The van der Waals surface area contributed by atoms with Gasteiger partial charge in [0.2, 0.25) is 0 Å². The lowest BCUT2D eigenvalue weighted by Crippen LogP contribution is -2.39. The van der Waals surface area contributed by atoms with Crippen molar-refractivity contribution in [2.45, 2.75) is 38.5 Å². The third kappa shape index (κ3) is 1.76. The van der Waals surface area contributed by atoms with E-state index in [9.17, 15) is 8.78 Å². The predicted molar refractivity (Wildman–Crippen MR) is 64.9 cm³/mol. The van der Waals surface area contributed by atoms with Crippen LogP contribution in [0.3, 0.4) is 0 Å². The Morgan fingerprint density at radius 3 is 2.83 bits per heavy atom. The lowest BCUT2D eigenvalue weighted by Gasteiger charge is -2.34. The summed E-state index contributed by atoms with van der Waals surface area (Å²) in [5.74, 6) is -1.67. The Balaban J connectivity index is 1.80. The average molecular weight is 253 g/mol. The van der Waals surface area contributed by atoms with Gasteiger partial charge in [-0.25, -0.2) is 18.7 Å². The first-order chi connectivity index (χ1) is 8.56. The summed E-state index contributed by atoms with van der Waals surface area (Å²) < 4.78 is 26.9. The highest BCUT2D eigenvalue weighted by Gasteiger charge is 2.71. The molecule has 0 aromatic carbocycles. The number of nitrogens with zero attached hydrogens (tertiary/aromatic N) is 3. The van der Waals surface area contributed by atoms with Gasteiger partial charge >= 0.3 is 0 Å². The normalized spacial score (nSPS) is 29.6. The number of aryl methyl sites for hydroxylation is 1. The molecule has 1 saturated carbocycles. The first-order valence-corrected chi connectivity index (χ1v) is 6.50. The molecule has 0 bridgehead atoms. The van der Waals surface area contributed by atoms with Crippen molar-refractivity contribution in [2.24, 2.45) is 5.41 Å². The van der Waals surface area contributed by atoms with Crippen molar-refractivity contribution < 1.29 is 8.78 Å². The molecule has 0 radical (unpaired) electrons. The van der Waals surface area contributed by atoms with Gasteiger partial charge in [-0.05, 0) is 19.3 Å². The second-order valence-corrected chi connectivity index (χ2v) is 5.41. The van der Waals surface area contributed by atoms with E-state index < -0.39 is 11.3 Å². The molecule has 1 saturated heterocycles. The van der Waals surface area contributed by atoms with Crippen molar-refractivity contribution in [1.82, 2.24) is 9.97 Å². The number of anilines is 1. The predicted octanol–water partition coefficient (Wildman–Crippen LogP) is 2.66. The van der Waals surface area contributed by atoms with Crippen LogP contribution in [0, 0.1) is 5.41 Å². The van der Waals surface area contributed by atoms with E-state index >= 15 is 0 Å². The molecule has 1 aliphatic carbocycles. The first kappa shape index (κ1) is 11.8. The van der Waals surface area contributed by atoms with Gasteiger partial charge in [0.05, 0.1) is 5.41 Å². The summed E-state index contributed by atoms with van der Waals surface area (Å²) in [5, 5.41) is 0. The highest BCUT2D eigenvalue weighted by molar-refractivity contribution is 5.41. The molecule has 2 fully saturated rings. The topological polar surface area (TPSA) is 29.0 Å². The molecule has 1 unspecified atom stereocenters. The number of rotatable bonds is 2. The maximum atomic E-state index is 13.4. The van der Waals surface area contributed by atoms with Crippen LogP contribution in [0.1, 0.15) is 31.9 Å². The van der Waals surface area contributed by atoms with Gasteiger partial charge in [0.25, 0.3) is 5.92 Å². The smallest absolute Gasteiger partial charge is 0.256 e. The minimum absolute atomic E-state index is 0.0439. The van der Waals surface area contributed by atoms with Gasteiger partial charge in [0.1, 0.15) is 12.1 Å². The Kier molecular flexibility index (Phi) is 2.54. The molecule has 1 aromatic heterocycles. The first-order valence-electron chi connectivity index (χ1n) is 6.50. The fraction of sp³-hybridized carbons (Fsp3) is 0.692. The van der Waals surface area contributed by atoms with E-state index in [2.05, 4.69) is 9.97 Å². The third-order valence-corrected chi connectivity index (χ3v) is 4.18. The molecule has 0 N–H and O–H groups in total. The van der Waals surface area contributed by atoms with E-state index in [1.807, 2.05) is 17.9 Å². The molecular formula is C13H17F2N3. The van der Waals surface area contributed by atoms with Gasteiger partial charge in [-0.2, -0.15) is 0 Å². The SMILES string of the molecule is CCc1cc(N2CCCC3(C2)CC3(F)F)ncn1. The van der Waals surface area contributed by atoms with Crippen molar-refractivity contribution in [2.75, 3.05) is 18.0 Å². The maximum Gasteiger partial charge on any atom is 0.256 e. The molecule has 2 heterocycles. The van der Waals surface area contributed by atoms with E-state index in [1.165, 1.54) is 6.33 Å². The van der Waals surface area contributed by atoms with Gasteiger partial charge in [0, 0.05) is 31.3 Å². The van der Waals surface area contributed by atoms with Crippen molar-refractivity contribution in [3.63, 3.8) is 0 Å². The Bertz CT molecular complexity index is 463. The molecule has 1 spiro atoms. The van der Waals surface area contributed by atoms with Gasteiger partial charge in [0.15, 0.2) is 0 Å². The lowest BCUT2D eigenvalue weighted by atomic mass is 9.94. The number of hydrogen-bond acceptors (Lipinski definition) is 3. The van der Waals surface area contributed by atoms with E-state index in [1.54, 1.807) is 0 Å². The van der Waals surface area contributed by atoms with Crippen LogP contribution in [-0.4, -0.2) is 29.0 Å². The van der Waals surface area contributed by atoms with Crippen LogP contribution in [-0.2, 0) is 6.42 Å². The minimum Gasteiger partial charge on any atom is -0.356 e. The van der Waals surface area contributed by atoms with Crippen LogP contribution >= 0.6 is 0 Å². The largest absolute Gasteiger partial charge is 0.356 e. The zero-order valence-electron chi connectivity index (χ0n) is 10.5. The van der Waals surface area contributed by atoms with Crippen LogP contribution < -0.4 is 4.90 Å². The molecule has 1 aliphatic heterocycles. The van der Waals surface area contributed by atoms with E-state index in [0.717, 1.165) is 30.9 Å². The number of alkyl halides is 2. The van der Waals surface area contributed by atoms with Gasteiger partial charge in [-0.3, -0.25) is 0 Å². The molecule has 2 aliphatic rings. The molecule has 1 atom stereocenters. The number of hydrogen-bond donors (Lipinski definition) is 0. The summed E-state index contributed by atoms with van der Waals surface area (Å²) in [5.41, 5.74) is 0.185. The molecule has 18 heavy (non-hydrogen) atoms. The Labute approximate surface area is 105 Å². The summed E-state index contributed by atoms with van der Waals surface area (Å²) >= 11 is 0. The van der Waals surface area contributed by atoms with E-state index in [0.29, 0.717) is 13.0 Å². The average Bonchev–Trinajstić information content (AvgIpc) is 2.89. The summed E-state index contributed by atoms with van der Waals surface area (Å²) in [6, 6.07) is 1.92. The Morgan fingerprint density at radius 2 is 2.17 bits per heavy atom. The van der Waals surface area contributed by atoms with Crippen LogP contribution in [0.25, 0.3) is 0 Å². The lowest BCUT2D eigenvalue weighted by molar-refractivity contribution is 0.0575. The van der Waals surface area contributed by atoms with Crippen molar-refractivity contribution in [3.8, 4) is 0 Å². The second-order valence-electron chi connectivity index (χ2n) is 5.41. The van der Waals surface area contributed by atoms with E-state index in [-0.39, 0.29) is 6.42 Å². The summed E-state index contributed by atoms with van der Waals surface area (Å²) in [6.45, 7) is 3.27. The van der Waals surface area contributed by atoms with Gasteiger partial charge in [-0.15, -0.1) is 0 Å². The molecule has 5 heteroatoms. The monoisotopic (exact) mass is 253 g/mol. The second kappa shape index (κ2) is 3.87. The number of halogens is 2. The molecule has 0 amide bonds. The van der Waals surface area contributed by atoms with Crippen LogP contribution in [0.5, 0.6) is 0 Å². The standard InChI is InChI=1S/C13H17F2N3/c1-2-10-6-11(17-9-16-10)18-5-3-4-12(8-18)7-13(12,14)15/h6,9H,2-5,7-8H2,1H3. The fourth-order valence-corrected chi connectivity index (χ4v) is 2.90. The Morgan fingerprint density at radius 1 is 1.39 bits per heavy atom.